The van der Waals surface area contributed by atoms with Crippen LogP contribution in [0.15, 0.2) is 23.6 Å². The Hall–Kier alpha value is -2.67. The molecule has 1 saturated heterocycles. The summed E-state index contributed by atoms with van der Waals surface area (Å²) >= 11 is 3.00. The standard InChI is InChI=1S/C22H23N3O4S2/c1-28-15-11-25(12-15)22(27)29-13-14-4-6-17-18(10-23)21(31-19(17)9-14)24-20(26)7-5-16-3-2-8-30-16/h2-3,5,7-8,14-15H,4,6,9,11-13H2,1H3,(H,24,26)/b7-5+. The molecule has 0 spiro atoms. The van der Waals surface area contributed by atoms with Gasteiger partial charge in [-0.15, -0.1) is 22.7 Å². The number of nitriles is 1. The van der Waals surface area contributed by atoms with Crippen LogP contribution in [0.1, 0.15) is 27.3 Å². The predicted molar refractivity (Wildman–Crippen MR) is 120 cm³/mol. The van der Waals surface area contributed by atoms with Crippen LogP contribution in [0.4, 0.5) is 9.80 Å². The van der Waals surface area contributed by atoms with Gasteiger partial charge in [0, 0.05) is 22.9 Å². The van der Waals surface area contributed by atoms with E-state index in [0.29, 0.717) is 30.3 Å². The third-order valence-electron chi connectivity index (χ3n) is 5.54. The Morgan fingerprint density at radius 3 is 2.97 bits per heavy atom. The minimum atomic E-state index is -0.298. The van der Waals surface area contributed by atoms with E-state index in [2.05, 4.69) is 11.4 Å². The van der Waals surface area contributed by atoms with Crippen LogP contribution in [0.5, 0.6) is 0 Å². The SMILES string of the molecule is COC1CN(C(=O)OCC2CCc3c(sc(NC(=O)/C=C/c4cccs4)c3C#N)C2)C1. The molecule has 1 atom stereocenters. The van der Waals surface area contributed by atoms with Crippen molar-refractivity contribution >= 4 is 45.8 Å². The number of hydrogen-bond donors (Lipinski definition) is 1. The minimum Gasteiger partial charge on any atom is -0.449 e. The number of nitrogens with one attached hydrogen (secondary N) is 1. The van der Waals surface area contributed by atoms with Crippen molar-refractivity contribution in [2.24, 2.45) is 5.92 Å². The van der Waals surface area contributed by atoms with Crippen LogP contribution >= 0.6 is 22.7 Å². The smallest absolute Gasteiger partial charge is 0.409 e. The summed E-state index contributed by atoms with van der Waals surface area (Å²) in [5.41, 5.74) is 1.57. The number of methoxy groups -OCH3 is 1. The number of amides is 2. The van der Waals surface area contributed by atoms with E-state index < -0.39 is 0 Å². The number of likely N-dealkylation sites (tertiary alicyclic amines) is 1. The summed E-state index contributed by atoms with van der Waals surface area (Å²) in [5.74, 6) is -0.0405. The largest absolute Gasteiger partial charge is 0.449 e. The molecular formula is C22H23N3O4S2. The molecule has 1 unspecified atom stereocenters. The van der Waals surface area contributed by atoms with Gasteiger partial charge in [0.05, 0.1) is 31.4 Å². The Morgan fingerprint density at radius 1 is 1.42 bits per heavy atom. The number of ether oxygens (including phenoxy) is 2. The molecule has 0 bridgehead atoms. The van der Waals surface area contributed by atoms with Crippen LogP contribution in [0.25, 0.3) is 6.08 Å². The van der Waals surface area contributed by atoms with E-state index in [-0.39, 0.29) is 24.0 Å². The Bertz CT molecular complexity index is 1020. The molecule has 2 aromatic heterocycles. The lowest BCUT2D eigenvalue weighted by Crippen LogP contribution is -2.54. The Balaban J connectivity index is 1.34. The first kappa shape index (κ1) is 21.6. The molecule has 162 valence electrons. The van der Waals surface area contributed by atoms with Crippen molar-refractivity contribution in [3.63, 3.8) is 0 Å². The van der Waals surface area contributed by atoms with E-state index in [9.17, 15) is 14.9 Å². The summed E-state index contributed by atoms with van der Waals surface area (Å²) in [7, 11) is 1.64. The predicted octanol–water partition coefficient (Wildman–Crippen LogP) is 3.91. The Kier molecular flexibility index (Phi) is 6.70. The van der Waals surface area contributed by atoms with Gasteiger partial charge in [-0.1, -0.05) is 6.07 Å². The molecule has 2 aromatic rings. The van der Waals surface area contributed by atoms with E-state index in [1.54, 1.807) is 29.4 Å². The van der Waals surface area contributed by atoms with E-state index >= 15 is 0 Å². The van der Waals surface area contributed by atoms with Crippen molar-refractivity contribution in [3.05, 3.63) is 44.5 Å². The summed E-state index contributed by atoms with van der Waals surface area (Å²) in [6.07, 6.45) is 5.38. The topological polar surface area (TPSA) is 91.7 Å². The molecule has 4 rings (SSSR count). The van der Waals surface area contributed by atoms with Gasteiger partial charge in [0.1, 0.15) is 11.1 Å². The van der Waals surface area contributed by atoms with Gasteiger partial charge in [-0.25, -0.2) is 4.79 Å². The zero-order chi connectivity index (χ0) is 21.8. The van der Waals surface area contributed by atoms with Gasteiger partial charge >= 0.3 is 6.09 Å². The van der Waals surface area contributed by atoms with Crippen molar-refractivity contribution in [2.45, 2.75) is 25.4 Å². The van der Waals surface area contributed by atoms with Crippen molar-refractivity contribution in [1.82, 2.24) is 4.90 Å². The van der Waals surface area contributed by atoms with Gasteiger partial charge < -0.3 is 19.7 Å². The van der Waals surface area contributed by atoms with Gasteiger partial charge in [-0.05, 0) is 48.3 Å². The molecule has 2 aliphatic rings. The number of carbonyl (C=O) groups excluding carboxylic acids is 2. The molecule has 1 aliphatic heterocycles. The summed E-state index contributed by atoms with van der Waals surface area (Å²) in [6, 6.07) is 6.12. The highest BCUT2D eigenvalue weighted by Crippen LogP contribution is 2.39. The van der Waals surface area contributed by atoms with Crippen LogP contribution in [-0.2, 0) is 27.1 Å². The Labute approximate surface area is 188 Å². The van der Waals surface area contributed by atoms with E-state index in [1.165, 1.54) is 17.4 Å². The average Bonchev–Trinajstić information content (AvgIpc) is 3.36. The molecule has 1 fully saturated rings. The maximum Gasteiger partial charge on any atom is 0.409 e. The fourth-order valence-electron chi connectivity index (χ4n) is 3.72. The van der Waals surface area contributed by atoms with E-state index in [0.717, 1.165) is 34.6 Å². The normalized spacial score (nSPS) is 18.3. The van der Waals surface area contributed by atoms with Gasteiger partial charge in [0.15, 0.2) is 0 Å². The summed E-state index contributed by atoms with van der Waals surface area (Å²) < 4.78 is 10.7. The van der Waals surface area contributed by atoms with Crippen molar-refractivity contribution in [1.29, 1.82) is 5.26 Å². The van der Waals surface area contributed by atoms with Gasteiger partial charge in [0.25, 0.3) is 0 Å². The first-order valence-electron chi connectivity index (χ1n) is 10.1. The lowest BCUT2D eigenvalue weighted by atomic mass is 9.88. The summed E-state index contributed by atoms with van der Waals surface area (Å²) in [6.45, 7) is 1.51. The molecule has 1 aliphatic carbocycles. The quantitative estimate of drug-likeness (QED) is 0.664. The lowest BCUT2D eigenvalue weighted by Gasteiger charge is -2.37. The monoisotopic (exact) mass is 457 g/mol. The highest BCUT2D eigenvalue weighted by Gasteiger charge is 2.33. The van der Waals surface area contributed by atoms with Crippen molar-refractivity contribution in [3.8, 4) is 6.07 Å². The Morgan fingerprint density at radius 2 is 2.26 bits per heavy atom. The fraction of sp³-hybridized carbons (Fsp3) is 0.409. The molecule has 2 amide bonds. The molecular weight excluding hydrogens is 434 g/mol. The van der Waals surface area contributed by atoms with Crippen LogP contribution in [0, 0.1) is 17.2 Å². The molecule has 0 saturated carbocycles. The van der Waals surface area contributed by atoms with E-state index in [4.69, 9.17) is 9.47 Å². The molecule has 0 aromatic carbocycles. The second-order valence-corrected chi connectivity index (χ2v) is 9.69. The van der Waals surface area contributed by atoms with Crippen LogP contribution < -0.4 is 5.32 Å². The van der Waals surface area contributed by atoms with Crippen LogP contribution in [0.3, 0.4) is 0 Å². The molecule has 9 heteroatoms. The number of hydrogen-bond acceptors (Lipinski definition) is 7. The fourth-order valence-corrected chi connectivity index (χ4v) is 5.65. The van der Waals surface area contributed by atoms with Crippen molar-refractivity contribution < 1.29 is 19.1 Å². The average molecular weight is 458 g/mol. The van der Waals surface area contributed by atoms with Crippen molar-refractivity contribution in [2.75, 3.05) is 32.1 Å². The number of anilines is 1. The lowest BCUT2D eigenvalue weighted by molar-refractivity contribution is -0.111. The highest BCUT2D eigenvalue weighted by molar-refractivity contribution is 7.16. The molecule has 3 heterocycles. The number of rotatable bonds is 6. The minimum absolute atomic E-state index is 0.106. The number of carbonyl (C=O) groups is 2. The van der Waals surface area contributed by atoms with Crippen LogP contribution in [0.2, 0.25) is 0 Å². The zero-order valence-corrected chi connectivity index (χ0v) is 18.8. The molecule has 0 radical (unpaired) electrons. The van der Waals surface area contributed by atoms with E-state index in [1.807, 2.05) is 17.5 Å². The maximum atomic E-state index is 12.3. The third kappa shape index (κ3) is 4.98. The van der Waals surface area contributed by atoms with Gasteiger partial charge in [0.2, 0.25) is 5.91 Å². The highest BCUT2D eigenvalue weighted by atomic mass is 32.1. The zero-order valence-electron chi connectivity index (χ0n) is 17.1. The summed E-state index contributed by atoms with van der Waals surface area (Å²) in [5, 5.41) is 15.0. The second-order valence-electron chi connectivity index (χ2n) is 7.61. The number of thiophene rings is 2. The first-order chi connectivity index (χ1) is 15.1. The number of fused-ring (bicyclic) bond motifs is 1. The second kappa shape index (κ2) is 9.64. The van der Waals surface area contributed by atoms with Gasteiger partial charge in [-0.2, -0.15) is 5.26 Å². The molecule has 7 nitrogen and oxygen atoms in total. The maximum absolute atomic E-state index is 12.3. The van der Waals surface area contributed by atoms with Crippen LogP contribution in [-0.4, -0.2) is 49.8 Å². The first-order valence-corrected chi connectivity index (χ1v) is 11.8. The molecule has 31 heavy (non-hydrogen) atoms. The third-order valence-corrected chi connectivity index (χ3v) is 7.55. The van der Waals surface area contributed by atoms with Gasteiger partial charge in [-0.3, -0.25) is 4.79 Å². The summed E-state index contributed by atoms with van der Waals surface area (Å²) in [4.78, 5) is 28.1. The molecule has 1 N–H and O–H groups in total. The number of nitrogens with zero attached hydrogens (tertiary/aromatic N) is 2.